The lowest BCUT2D eigenvalue weighted by molar-refractivity contribution is -0.156. The fraction of sp³-hybridized carbons (Fsp3) is 0.895. The highest BCUT2D eigenvalue weighted by Gasteiger charge is 2.20. The zero-order chi connectivity index (χ0) is 18.2. The van der Waals surface area contributed by atoms with Gasteiger partial charge in [0.05, 0.1) is 26.1 Å². The van der Waals surface area contributed by atoms with Crippen LogP contribution in [0.3, 0.4) is 0 Å². The number of rotatable bonds is 15. The maximum absolute atomic E-state index is 12.0. The number of hydrogen-bond donors (Lipinski definition) is 1. The smallest absolute Gasteiger partial charge is 0.309 e. The van der Waals surface area contributed by atoms with Gasteiger partial charge in [0, 0.05) is 0 Å². The summed E-state index contributed by atoms with van der Waals surface area (Å²) >= 11 is 0. The third kappa shape index (κ3) is 13.3. The van der Waals surface area contributed by atoms with Crippen molar-refractivity contribution in [3.63, 3.8) is 0 Å². The zero-order valence-corrected chi connectivity index (χ0v) is 15.7. The quantitative estimate of drug-likeness (QED) is 0.357. The van der Waals surface area contributed by atoms with Crippen molar-refractivity contribution in [3.8, 4) is 0 Å². The molecule has 0 fully saturated rings. The summed E-state index contributed by atoms with van der Waals surface area (Å²) in [4.78, 5) is 23.4. The molecule has 0 saturated heterocycles. The molecule has 5 heteroatoms. The number of hydrogen-bond acceptors (Lipinski definition) is 5. The molecule has 0 unspecified atom stereocenters. The first kappa shape index (κ1) is 22.9. The van der Waals surface area contributed by atoms with E-state index >= 15 is 0 Å². The van der Waals surface area contributed by atoms with Crippen molar-refractivity contribution in [3.05, 3.63) is 0 Å². The van der Waals surface area contributed by atoms with Crippen LogP contribution in [0.25, 0.3) is 0 Å². The van der Waals surface area contributed by atoms with Crippen LogP contribution < -0.4 is 0 Å². The molecule has 24 heavy (non-hydrogen) atoms. The summed E-state index contributed by atoms with van der Waals surface area (Å²) in [6.07, 6.45) is 8.79. The molecular weight excluding hydrogens is 308 g/mol. The van der Waals surface area contributed by atoms with Crippen molar-refractivity contribution < 1.29 is 24.2 Å². The zero-order valence-electron chi connectivity index (χ0n) is 15.7. The van der Waals surface area contributed by atoms with Gasteiger partial charge in [-0.1, -0.05) is 58.8 Å². The summed E-state index contributed by atoms with van der Waals surface area (Å²) in [7, 11) is 1.33. The van der Waals surface area contributed by atoms with Gasteiger partial charge in [0.1, 0.15) is 6.10 Å². The van der Waals surface area contributed by atoms with Gasteiger partial charge in [0.2, 0.25) is 0 Å². The minimum Gasteiger partial charge on any atom is -0.469 e. The van der Waals surface area contributed by atoms with Crippen LogP contribution in [0.5, 0.6) is 0 Å². The molecule has 0 aliphatic heterocycles. The van der Waals surface area contributed by atoms with Crippen LogP contribution in [0.15, 0.2) is 0 Å². The van der Waals surface area contributed by atoms with E-state index in [1.54, 1.807) is 0 Å². The number of carbonyl (C=O) groups excluding carboxylic acids is 2. The molecule has 0 bridgehead atoms. The van der Waals surface area contributed by atoms with E-state index in [1.165, 1.54) is 7.11 Å². The standard InChI is InChI=1S/C19H36O5/c1-4-6-8-10-12-16(20)14-19(22)24-17(15-18(21)23-3)13-11-9-7-5-2/h16-17,20H,4-15H2,1-3H3/t16-,17+/m1/s1. The van der Waals surface area contributed by atoms with Crippen molar-refractivity contribution in [2.75, 3.05) is 7.11 Å². The van der Waals surface area contributed by atoms with E-state index in [0.717, 1.165) is 51.4 Å². The van der Waals surface area contributed by atoms with Crippen molar-refractivity contribution >= 4 is 11.9 Å². The van der Waals surface area contributed by atoms with Crippen LogP contribution in [0.4, 0.5) is 0 Å². The second-order valence-corrected chi connectivity index (χ2v) is 6.45. The summed E-state index contributed by atoms with van der Waals surface area (Å²) in [5, 5.41) is 9.91. The third-order valence-corrected chi connectivity index (χ3v) is 4.09. The van der Waals surface area contributed by atoms with Crippen molar-refractivity contribution in [1.29, 1.82) is 0 Å². The molecule has 0 aliphatic carbocycles. The van der Waals surface area contributed by atoms with Gasteiger partial charge >= 0.3 is 11.9 Å². The molecule has 0 saturated carbocycles. The molecule has 0 aromatic rings. The lowest BCUT2D eigenvalue weighted by Crippen LogP contribution is -2.25. The molecule has 0 rings (SSSR count). The van der Waals surface area contributed by atoms with Crippen LogP contribution in [-0.4, -0.2) is 36.4 Å². The van der Waals surface area contributed by atoms with Gasteiger partial charge in [0.15, 0.2) is 0 Å². The molecule has 0 aromatic carbocycles. The predicted octanol–water partition coefficient (Wildman–Crippen LogP) is 4.15. The van der Waals surface area contributed by atoms with E-state index < -0.39 is 18.2 Å². The third-order valence-electron chi connectivity index (χ3n) is 4.09. The monoisotopic (exact) mass is 344 g/mol. The minimum atomic E-state index is -0.659. The van der Waals surface area contributed by atoms with Gasteiger partial charge in [-0.15, -0.1) is 0 Å². The Morgan fingerprint density at radius 2 is 1.42 bits per heavy atom. The van der Waals surface area contributed by atoms with E-state index in [0.29, 0.717) is 12.8 Å². The largest absolute Gasteiger partial charge is 0.469 e. The molecule has 0 aliphatic rings. The molecule has 1 N–H and O–H groups in total. The summed E-state index contributed by atoms with van der Waals surface area (Å²) < 4.78 is 10.1. The summed E-state index contributed by atoms with van der Waals surface area (Å²) in [6, 6.07) is 0. The van der Waals surface area contributed by atoms with Gasteiger partial charge in [-0.05, 0) is 19.3 Å². The Morgan fingerprint density at radius 1 is 0.833 bits per heavy atom. The van der Waals surface area contributed by atoms with Crippen LogP contribution >= 0.6 is 0 Å². The highest BCUT2D eigenvalue weighted by molar-refractivity contribution is 5.72. The minimum absolute atomic E-state index is 0.00123. The predicted molar refractivity (Wildman–Crippen MR) is 94.7 cm³/mol. The number of aliphatic hydroxyl groups excluding tert-OH is 1. The normalized spacial score (nSPS) is 13.3. The van der Waals surface area contributed by atoms with Gasteiger partial charge < -0.3 is 14.6 Å². The van der Waals surface area contributed by atoms with Crippen molar-refractivity contribution in [2.24, 2.45) is 0 Å². The molecule has 0 heterocycles. The van der Waals surface area contributed by atoms with Crippen molar-refractivity contribution in [2.45, 2.75) is 103 Å². The maximum atomic E-state index is 12.0. The van der Waals surface area contributed by atoms with Gasteiger partial charge in [0.25, 0.3) is 0 Å². The SMILES string of the molecule is CCCCCC[C@@H](O)CC(=O)O[C@@H](CCCCCC)CC(=O)OC. The molecule has 142 valence electrons. The van der Waals surface area contributed by atoms with Crippen LogP contribution in [0.2, 0.25) is 0 Å². The topological polar surface area (TPSA) is 72.8 Å². The van der Waals surface area contributed by atoms with Crippen LogP contribution in [-0.2, 0) is 19.1 Å². The molecule has 2 atom stereocenters. The Kier molecular flexibility index (Phi) is 14.7. The van der Waals surface area contributed by atoms with E-state index in [9.17, 15) is 14.7 Å². The van der Waals surface area contributed by atoms with Gasteiger partial charge in [-0.3, -0.25) is 9.59 Å². The van der Waals surface area contributed by atoms with E-state index in [2.05, 4.69) is 18.6 Å². The Balaban J connectivity index is 4.17. The van der Waals surface area contributed by atoms with Crippen LogP contribution in [0, 0.1) is 0 Å². The molecule has 0 amide bonds. The number of ether oxygens (including phenoxy) is 2. The lowest BCUT2D eigenvalue weighted by Gasteiger charge is -2.18. The number of esters is 2. The van der Waals surface area contributed by atoms with Gasteiger partial charge in [-0.25, -0.2) is 0 Å². The fourth-order valence-corrected chi connectivity index (χ4v) is 2.61. The second-order valence-electron chi connectivity index (χ2n) is 6.45. The summed E-state index contributed by atoms with van der Waals surface area (Å²) in [5.41, 5.74) is 0. The Morgan fingerprint density at radius 3 is 1.96 bits per heavy atom. The van der Waals surface area contributed by atoms with E-state index in [-0.39, 0.29) is 18.8 Å². The first-order valence-electron chi connectivity index (χ1n) is 9.47. The number of aliphatic hydroxyl groups is 1. The first-order valence-corrected chi connectivity index (χ1v) is 9.47. The molecule has 0 radical (unpaired) electrons. The first-order chi connectivity index (χ1) is 11.5. The van der Waals surface area contributed by atoms with E-state index in [1.807, 2.05) is 0 Å². The highest BCUT2D eigenvalue weighted by Crippen LogP contribution is 2.15. The average Bonchev–Trinajstić information content (AvgIpc) is 2.55. The molecular formula is C19H36O5. The average molecular weight is 344 g/mol. The number of unbranched alkanes of at least 4 members (excludes halogenated alkanes) is 6. The maximum Gasteiger partial charge on any atom is 0.309 e. The summed E-state index contributed by atoms with van der Waals surface area (Å²) in [5.74, 6) is -0.800. The van der Waals surface area contributed by atoms with Crippen molar-refractivity contribution in [1.82, 2.24) is 0 Å². The number of carbonyl (C=O) groups is 2. The Hall–Kier alpha value is -1.10. The second kappa shape index (κ2) is 15.4. The lowest BCUT2D eigenvalue weighted by atomic mass is 10.1. The molecule has 5 nitrogen and oxygen atoms in total. The molecule has 0 spiro atoms. The van der Waals surface area contributed by atoms with Gasteiger partial charge in [-0.2, -0.15) is 0 Å². The summed E-state index contributed by atoms with van der Waals surface area (Å²) in [6.45, 7) is 4.27. The number of methoxy groups -OCH3 is 1. The highest BCUT2D eigenvalue weighted by atomic mass is 16.6. The Labute approximate surface area is 147 Å². The fourth-order valence-electron chi connectivity index (χ4n) is 2.61. The Bertz CT molecular complexity index is 330. The van der Waals surface area contributed by atoms with Crippen LogP contribution in [0.1, 0.15) is 90.9 Å². The van der Waals surface area contributed by atoms with E-state index in [4.69, 9.17) is 4.74 Å². The molecule has 0 aromatic heterocycles.